The minimum Gasteiger partial charge on any atom is -0.494 e. The van der Waals surface area contributed by atoms with Crippen molar-refractivity contribution in [2.75, 3.05) is 13.2 Å². The highest BCUT2D eigenvalue weighted by Crippen LogP contribution is 2.44. The van der Waals surface area contributed by atoms with Crippen molar-refractivity contribution in [3.8, 4) is 5.75 Å². The summed E-state index contributed by atoms with van der Waals surface area (Å²) in [4.78, 5) is 25.2. The molecular weight excluding hydrogens is 726 g/mol. The zero-order chi connectivity index (χ0) is 35.5. The average Bonchev–Trinajstić information content (AvgIpc) is 3.55. The summed E-state index contributed by atoms with van der Waals surface area (Å²) in [7, 11) is 0. The van der Waals surface area contributed by atoms with Gasteiger partial charge >= 0.3 is 0 Å². The Labute approximate surface area is 309 Å². The van der Waals surface area contributed by atoms with Gasteiger partial charge in [-0.05, 0) is 82.4 Å². The molecule has 0 saturated carbocycles. The highest BCUT2D eigenvalue weighted by molar-refractivity contribution is 9.10. The van der Waals surface area contributed by atoms with E-state index >= 15 is 0 Å². The van der Waals surface area contributed by atoms with Crippen molar-refractivity contribution < 1.29 is 19.4 Å². The van der Waals surface area contributed by atoms with Crippen molar-refractivity contribution in [3.63, 3.8) is 0 Å². The lowest BCUT2D eigenvalue weighted by Gasteiger charge is -2.32. The number of azide groups is 1. The summed E-state index contributed by atoms with van der Waals surface area (Å²) in [5.74, 6) is 0.660. The molecule has 6 rings (SSSR count). The summed E-state index contributed by atoms with van der Waals surface area (Å²) in [6.45, 7) is 0.794. The standard InChI is InChI=1S/C40H36BrN5O4S/c41-32-19-15-28(16-20-32)25-40(39(48)43-26-31-10-5-7-14-36(31)51-34-11-2-1-3-12-34)37(35-13-6-4-9-30(35)27-44-46-42)50-38(45-40)29-17-21-33(22-18-29)49-24-8-23-47/h1-7,9-22,37,47H,8,23-27H2,(H,43,48)/t37-,40-/m1/s1. The predicted octanol–water partition coefficient (Wildman–Crippen LogP) is 8.99. The predicted molar refractivity (Wildman–Crippen MR) is 203 cm³/mol. The van der Waals surface area contributed by atoms with Gasteiger partial charge in [0.1, 0.15) is 5.75 Å². The van der Waals surface area contributed by atoms with Crippen LogP contribution in [0.25, 0.3) is 10.4 Å². The van der Waals surface area contributed by atoms with Crippen LogP contribution >= 0.6 is 27.7 Å². The maximum absolute atomic E-state index is 14.9. The van der Waals surface area contributed by atoms with Crippen molar-refractivity contribution in [1.82, 2.24) is 5.32 Å². The maximum Gasteiger partial charge on any atom is 0.252 e. The molecule has 0 aliphatic carbocycles. The topological polar surface area (TPSA) is 129 Å². The Hall–Kier alpha value is -5.06. The zero-order valence-electron chi connectivity index (χ0n) is 27.7. The quantitative estimate of drug-likeness (QED) is 0.0476. The van der Waals surface area contributed by atoms with Crippen molar-refractivity contribution in [2.45, 2.75) is 47.4 Å². The third-order valence-corrected chi connectivity index (χ3v) is 10.1. The molecule has 2 atom stereocenters. The van der Waals surface area contributed by atoms with Crippen LogP contribution in [-0.4, -0.2) is 35.7 Å². The number of rotatable bonds is 15. The number of nitrogens with zero attached hydrogens (tertiary/aromatic N) is 4. The van der Waals surface area contributed by atoms with E-state index < -0.39 is 11.6 Å². The van der Waals surface area contributed by atoms with Crippen LogP contribution in [0.15, 0.2) is 152 Å². The van der Waals surface area contributed by atoms with Gasteiger partial charge in [0.25, 0.3) is 5.91 Å². The Balaban J connectivity index is 1.41. The van der Waals surface area contributed by atoms with Crippen LogP contribution < -0.4 is 10.1 Å². The summed E-state index contributed by atoms with van der Waals surface area (Å²) in [5, 5.41) is 16.2. The van der Waals surface area contributed by atoms with E-state index in [2.05, 4.69) is 49.5 Å². The molecule has 1 amide bonds. The van der Waals surface area contributed by atoms with E-state index in [1.54, 1.807) is 11.8 Å². The minimum absolute atomic E-state index is 0.0469. The van der Waals surface area contributed by atoms with E-state index in [1.807, 2.05) is 109 Å². The number of amides is 1. The van der Waals surface area contributed by atoms with E-state index in [0.29, 0.717) is 35.8 Å². The molecule has 51 heavy (non-hydrogen) atoms. The van der Waals surface area contributed by atoms with Crippen molar-refractivity contribution in [1.29, 1.82) is 0 Å². The second-order valence-corrected chi connectivity index (χ2v) is 13.9. The van der Waals surface area contributed by atoms with Gasteiger partial charge in [0.05, 0.1) is 13.2 Å². The Morgan fingerprint density at radius 3 is 2.39 bits per heavy atom. The first-order valence-corrected chi connectivity index (χ1v) is 18.1. The zero-order valence-corrected chi connectivity index (χ0v) is 30.1. The molecular formula is C40H36BrN5O4S. The summed E-state index contributed by atoms with van der Waals surface area (Å²) in [5.41, 5.74) is 11.7. The second kappa shape index (κ2) is 17.2. The van der Waals surface area contributed by atoms with Crippen LogP contribution in [-0.2, 0) is 29.0 Å². The fourth-order valence-corrected chi connectivity index (χ4v) is 7.14. The highest BCUT2D eigenvalue weighted by Gasteiger charge is 2.53. The van der Waals surface area contributed by atoms with Gasteiger partial charge in [0.15, 0.2) is 11.6 Å². The summed E-state index contributed by atoms with van der Waals surface area (Å²) >= 11 is 5.18. The van der Waals surface area contributed by atoms with Gasteiger partial charge in [-0.3, -0.25) is 4.79 Å². The molecule has 1 aliphatic rings. The summed E-state index contributed by atoms with van der Waals surface area (Å²) in [6.07, 6.45) is -0.0908. The number of ether oxygens (including phenoxy) is 2. The molecule has 0 bridgehead atoms. The number of nitrogens with one attached hydrogen (secondary N) is 1. The van der Waals surface area contributed by atoms with Crippen LogP contribution in [0.2, 0.25) is 0 Å². The van der Waals surface area contributed by atoms with Crippen LogP contribution in [0.5, 0.6) is 5.75 Å². The average molecular weight is 763 g/mol. The molecule has 0 unspecified atom stereocenters. The SMILES string of the molecule is [N-]=[N+]=NCc1ccccc1[C@H]1OC(c2ccc(OCCCO)cc2)=N[C@@]1(Cc1ccc(Br)cc1)C(=O)NCc1ccccc1Sc1ccccc1. The van der Waals surface area contributed by atoms with Gasteiger partial charge in [0.2, 0.25) is 5.90 Å². The Morgan fingerprint density at radius 2 is 1.65 bits per heavy atom. The van der Waals surface area contributed by atoms with Crippen LogP contribution in [0.3, 0.4) is 0 Å². The third kappa shape index (κ3) is 8.82. The Kier molecular flexibility index (Phi) is 12.1. The van der Waals surface area contributed by atoms with Gasteiger partial charge in [-0.25, -0.2) is 4.99 Å². The lowest BCUT2D eigenvalue weighted by atomic mass is 9.80. The number of aliphatic hydroxyl groups excluding tert-OH is 1. The Morgan fingerprint density at radius 1 is 0.941 bits per heavy atom. The van der Waals surface area contributed by atoms with Crippen LogP contribution in [0.4, 0.5) is 0 Å². The molecule has 0 saturated heterocycles. The molecule has 258 valence electrons. The molecule has 2 N–H and O–H groups in total. The van der Waals surface area contributed by atoms with Crippen molar-refractivity contribution in [3.05, 3.63) is 170 Å². The molecule has 0 spiro atoms. The molecule has 5 aromatic rings. The van der Waals surface area contributed by atoms with E-state index in [9.17, 15) is 10.3 Å². The lowest BCUT2D eigenvalue weighted by molar-refractivity contribution is -0.129. The second-order valence-electron chi connectivity index (χ2n) is 11.9. The number of carbonyl (C=O) groups is 1. The smallest absolute Gasteiger partial charge is 0.252 e. The minimum atomic E-state index is -1.44. The first kappa shape index (κ1) is 35.8. The molecule has 5 aromatic carbocycles. The van der Waals surface area contributed by atoms with Crippen LogP contribution in [0, 0.1) is 0 Å². The number of hydrogen-bond donors (Lipinski definition) is 2. The largest absolute Gasteiger partial charge is 0.494 e. The van der Waals surface area contributed by atoms with Gasteiger partial charge in [0, 0.05) is 50.7 Å². The molecule has 0 aromatic heterocycles. The summed E-state index contributed by atoms with van der Waals surface area (Å²) < 4.78 is 13.4. The highest BCUT2D eigenvalue weighted by atomic mass is 79.9. The number of aliphatic hydroxyl groups is 1. The molecule has 0 fully saturated rings. The van der Waals surface area contributed by atoms with E-state index in [-0.39, 0.29) is 32.0 Å². The normalized spacial score (nSPS) is 16.4. The Bertz CT molecular complexity index is 2020. The van der Waals surface area contributed by atoms with Gasteiger partial charge in [-0.2, -0.15) is 0 Å². The lowest BCUT2D eigenvalue weighted by Crippen LogP contribution is -2.50. The molecule has 11 heteroatoms. The third-order valence-electron chi connectivity index (χ3n) is 8.44. The number of benzene rings is 5. The van der Waals surface area contributed by atoms with E-state index in [0.717, 1.165) is 31.0 Å². The molecule has 0 radical (unpaired) electrons. The molecule has 1 heterocycles. The number of halogens is 1. The van der Waals surface area contributed by atoms with Crippen LogP contribution in [0.1, 0.15) is 40.3 Å². The first-order chi connectivity index (χ1) is 25.0. The summed E-state index contributed by atoms with van der Waals surface area (Å²) in [6, 6.07) is 40.9. The fraction of sp³-hybridized carbons (Fsp3) is 0.200. The molecule has 9 nitrogen and oxygen atoms in total. The van der Waals surface area contributed by atoms with Gasteiger partial charge in [-0.15, -0.1) is 0 Å². The fourth-order valence-electron chi connectivity index (χ4n) is 5.91. The number of carbonyl (C=O) groups excluding carboxylic acids is 1. The maximum atomic E-state index is 14.9. The molecule has 1 aliphatic heterocycles. The van der Waals surface area contributed by atoms with E-state index in [1.165, 1.54) is 0 Å². The van der Waals surface area contributed by atoms with Crippen molar-refractivity contribution >= 4 is 39.5 Å². The monoisotopic (exact) mass is 761 g/mol. The van der Waals surface area contributed by atoms with Gasteiger partial charge < -0.3 is 19.9 Å². The van der Waals surface area contributed by atoms with E-state index in [4.69, 9.17) is 19.6 Å². The first-order valence-electron chi connectivity index (χ1n) is 16.5. The van der Waals surface area contributed by atoms with Gasteiger partial charge in [-0.1, -0.05) is 106 Å². The number of hydrogen-bond acceptors (Lipinski definition) is 7. The number of aliphatic imine (C=N–C) groups is 1. The van der Waals surface area contributed by atoms with Crippen molar-refractivity contribution in [2.24, 2.45) is 10.1 Å².